The molecule has 0 saturated carbocycles. The number of hydrogen-bond donors (Lipinski definition) is 1. The highest BCUT2D eigenvalue weighted by atomic mass is 35.5. The average molecular weight is 392 g/mol. The highest BCUT2D eigenvalue weighted by Gasteiger charge is 2.26. The molecule has 1 atom stereocenters. The van der Waals surface area contributed by atoms with Gasteiger partial charge >= 0.3 is 0 Å². The van der Waals surface area contributed by atoms with Gasteiger partial charge < -0.3 is 10.1 Å². The van der Waals surface area contributed by atoms with Crippen molar-refractivity contribution in [2.24, 2.45) is 0 Å². The molecule has 1 N–H and O–H groups in total. The Hall–Kier alpha value is -2.15. The van der Waals surface area contributed by atoms with Gasteiger partial charge in [-0.3, -0.25) is 0 Å². The summed E-state index contributed by atoms with van der Waals surface area (Å²) in [6.07, 6.45) is 0. The van der Waals surface area contributed by atoms with E-state index in [1.54, 1.807) is 17.9 Å². The zero-order chi connectivity index (χ0) is 18.7. The lowest BCUT2D eigenvalue weighted by Crippen LogP contribution is -2.26. The van der Waals surface area contributed by atoms with Gasteiger partial charge in [0.15, 0.2) is 5.82 Å². The third-order valence-electron chi connectivity index (χ3n) is 3.96. The number of halogens is 2. The smallest absolute Gasteiger partial charge is 0.178 e. The molecule has 3 rings (SSSR count). The molecule has 136 valence electrons. The minimum absolute atomic E-state index is 0.346. The van der Waals surface area contributed by atoms with Crippen molar-refractivity contribution >= 4 is 23.2 Å². The van der Waals surface area contributed by atoms with Gasteiger partial charge in [-0.2, -0.15) is 4.68 Å². The molecule has 1 heterocycles. The van der Waals surface area contributed by atoms with E-state index in [1.165, 1.54) is 0 Å². The van der Waals surface area contributed by atoms with Gasteiger partial charge in [-0.25, -0.2) is 0 Å². The number of methoxy groups -OCH3 is 1. The molecule has 6 nitrogen and oxygen atoms in total. The Morgan fingerprint density at radius 3 is 2.73 bits per heavy atom. The fraction of sp³-hybridized carbons (Fsp3) is 0.278. The summed E-state index contributed by atoms with van der Waals surface area (Å²) < 4.78 is 7.22. The molecular formula is C18H19Cl2N5O. The van der Waals surface area contributed by atoms with Crippen molar-refractivity contribution in [3.8, 4) is 11.4 Å². The van der Waals surface area contributed by atoms with E-state index >= 15 is 0 Å². The second-order valence-electron chi connectivity index (χ2n) is 5.79. The molecular weight excluding hydrogens is 373 g/mol. The zero-order valence-corrected chi connectivity index (χ0v) is 16.2. The van der Waals surface area contributed by atoms with Crippen LogP contribution in [0.5, 0.6) is 5.75 Å². The molecule has 0 spiro atoms. The van der Waals surface area contributed by atoms with Crippen LogP contribution in [0.3, 0.4) is 0 Å². The van der Waals surface area contributed by atoms with Crippen LogP contribution in [0.25, 0.3) is 5.69 Å². The fourth-order valence-electron chi connectivity index (χ4n) is 2.87. The molecule has 1 aromatic heterocycles. The lowest BCUT2D eigenvalue weighted by molar-refractivity contribution is 0.403. The number of hydrogen-bond acceptors (Lipinski definition) is 5. The standard InChI is InChI=1S/C18H19Cl2N5O/c1-4-21-16(14-9-12(19)10-15(20)17(14)26-3)18-22-23-24-25(18)13-7-5-6-11(2)8-13/h5-10,16,21H,4H2,1-3H3/t16-/m1/s1. The first-order chi connectivity index (χ1) is 12.5. The molecule has 3 aromatic rings. The van der Waals surface area contributed by atoms with E-state index in [1.807, 2.05) is 44.2 Å². The summed E-state index contributed by atoms with van der Waals surface area (Å²) >= 11 is 12.6. The minimum atomic E-state index is -0.346. The van der Waals surface area contributed by atoms with Gasteiger partial charge in [0.05, 0.1) is 23.9 Å². The van der Waals surface area contributed by atoms with Gasteiger partial charge in [0.2, 0.25) is 0 Å². The number of rotatable bonds is 6. The van der Waals surface area contributed by atoms with Crippen LogP contribution in [0.1, 0.15) is 29.9 Å². The van der Waals surface area contributed by atoms with Crippen LogP contribution in [-0.4, -0.2) is 33.9 Å². The van der Waals surface area contributed by atoms with Gasteiger partial charge in [0, 0.05) is 10.6 Å². The van der Waals surface area contributed by atoms with Gasteiger partial charge in [0.1, 0.15) is 5.75 Å². The van der Waals surface area contributed by atoms with Crippen LogP contribution in [0.2, 0.25) is 10.0 Å². The summed E-state index contributed by atoms with van der Waals surface area (Å²) in [5.41, 5.74) is 2.77. The molecule has 0 amide bonds. The zero-order valence-electron chi connectivity index (χ0n) is 14.7. The largest absolute Gasteiger partial charge is 0.495 e. The number of ether oxygens (including phenoxy) is 1. The van der Waals surface area contributed by atoms with Crippen molar-refractivity contribution in [2.45, 2.75) is 19.9 Å². The molecule has 26 heavy (non-hydrogen) atoms. The maximum absolute atomic E-state index is 6.32. The van der Waals surface area contributed by atoms with Crippen LogP contribution < -0.4 is 10.1 Å². The predicted octanol–water partition coefficient (Wildman–Crippen LogP) is 3.99. The summed E-state index contributed by atoms with van der Waals surface area (Å²) in [6.45, 7) is 4.72. The number of nitrogens with one attached hydrogen (secondary N) is 1. The lowest BCUT2D eigenvalue weighted by Gasteiger charge is -2.21. The molecule has 0 aliphatic rings. The summed E-state index contributed by atoms with van der Waals surface area (Å²) in [5, 5.41) is 16.6. The first-order valence-corrected chi connectivity index (χ1v) is 8.92. The number of tetrazole rings is 1. The normalized spacial score (nSPS) is 12.2. The van der Waals surface area contributed by atoms with Crippen molar-refractivity contribution in [3.63, 3.8) is 0 Å². The topological polar surface area (TPSA) is 64.9 Å². The number of aromatic nitrogens is 4. The Bertz CT molecular complexity index is 912. The number of nitrogens with zero attached hydrogens (tertiary/aromatic N) is 4. The second kappa shape index (κ2) is 8.03. The predicted molar refractivity (Wildman–Crippen MR) is 102 cm³/mol. The third-order valence-corrected chi connectivity index (χ3v) is 4.46. The van der Waals surface area contributed by atoms with E-state index in [0.717, 1.165) is 16.8 Å². The van der Waals surface area contributed by atoms with Gasteiger partial charge in [-0.15, -0.1) is 5.10 Å². The molecule has 0 saturated heterocycles. The van der Waals surface area contributed by atoms with Crippen molar-refractivity contribution < 1.29 is 4.74 Å². The van der Waals surface area contributed by atoms with E-state index in [0.29, 0.717) is 28.2 Å². The number of aryl methyl sites for hydroxylation is 1. The van der Waals surface area contributed by atoms with E-state index < -0.39 is 0 Å². The first kappa shape index (κ1) is 18.6. The molecule has 0 fully saturated rings. The SMILES string of the molecule is CCN[C@H](c1cc(Cl)cc(Cl)c1OC)c1nnnn1-c1cccc(C)c1. The molecule has 0 unspecified atom stereocenters. The van der Waals surface area contributed by atoms with Crippen molar-refractivity contribution in [2.75, 3.05) is 13.7 Å². The van der Waals surface area contributed by atoms with Gasteiger partial charge in [-0.05, 0) is 53.7 Å². The monoisotopic (exact) mass is 391 g/mol. The fourth-order valence-corrected chi connectivity index (χ4v) is 3.46. The van der Waals surface area contributed by atoms with E-state index in [2.05, 4.69) is 20.8 Å². The Morgan fingerprint density at radius 2 is 2.04 bits per heavy atom. The van der Waals surface area contributed by atoms with E-state index in [4.69, 9.17) is 27.9 Å². The van der Waals surface area contributed by atoms with E-state index in [-0.39, 0.29) is 6.04 Å². The molecule has 0 radical (unpaired) electrons. The summed E-state index contributed by atoms with van der Waals surface area (Å²) in [6, 6.07) is 11.1. The lowest BCUT2D eigenvalue weighted by atomic mass is 10.0. The summed E-state index contributed by atoms with van der Waals surface area (Å²) in [4.78, 5) is 0. The van der Waals surface area contributed by atoms with Crippen molar-refractivity contribution in [1.82, 2.24) is 25.5 Å². The van der Waals surface area contributed by atoms with Gasteiger partial charge in [0.25, 0.3) is 0 Å². The second-order valence-corrected chi connectivity index (χ2v) is 6.63. The van der Waals surface area contributed by atoms with Crippen LogP contribution in [0.4, 0.5) is 0 Å². The molecule has 0 bridgehead atoms. The molecule has 0 aliphatic carbocycles. The number of benzene rings is 2. The molecule has 8 heteroatoms. The van der Waals surface area contributed by atoms with Crippen LogP contribution in [0.15, 0.2) is 36.4 Å². The quantitative estimate of drug-likeness (QED) is 0.687. The van der Waals surface area contributed by atoms with Crippen molar-refractivity contribution in [1.29, 1.82) is 0 Å². The average Bonchev–Trinajstić information content (AvgIpc) is 3.08. The van der Waals surface area contributed by atoms with Gasteiger partial charge in [-0.1, -0.05) is 42.3 Å². The van der Waals surface area contributed by atoms with Crippen LogP contribution in [0, 0.1) is 6.92 Å². The Kier molecular flexibility index (Phi) is 5.76. The van der Waals surface area contributed by atoms with Crippen LogP contribution in [-0.2, 0) is 0 Å². The summed E-state index contributed by atoms with van der Waals surface area (Å²) in [7, 11) is 1.57. The molecule has 0 aliphatic heterocycles. The Balaban J connectivity index is 2.16. The van der Waals surface area contributed by atoms with Crippen molar-refractivity contribution in [3.05, 3.63) is 63.4 Å². The van der Waals surface area contributed by atoms with E-state index in [9.17, 15) is 0 Å². The minimum Gasteiger partial charge on any atom is -0.495 e. The Morgan fingerprint density at radius 1 is 1.23 bits per heavy atom. The van der Waals surface area contributed by atoms with Crippen LogP contribution >= 0.6 is 23.2 Å². The first-order valence-electron chi connectivity index (χ1n) is 8.16. The maximum atomic E-state index is 6.32. The third kappa shape index (κ3) is 3.67. The highest BCUT2D eigenvalue weighted by molar-refractivity contribution is 6.35. The Labute approximate surface area is 162 Å². The highest BCUT2D eigenvalue weighted by Crippen LogP contribution is 2.37. The molecule has 2 aromatic carbocycles. The maximum Gasteiger partial charge on any atom is 0.178 e. The summed E-state index contributed by atoms with van der Waals surface area (Å²) in [5.74, 6) is 1.16.